The van der Waals surface area contributed by atoms with Crippen molar-refractivity contribution in [3.63, 3.8) is 0 Å². The third kappa shape index (κ3) is 2.75. The van der Waals surface area contributed by atoms with E-state index in [9.17, 15) is 9.18 Å². The number of carbonyl (C=O) groups is 1. The second-order valence-corrected chi connectivity index (χ2v) is 5.90. The minimum Gasteiger partial charge on any atom is -0.371 e. The normalized spacial score (nSPS) is 16.0. The molecular weight excluding hydrogens is 281 g/mol. The maximum Gasteiger partial charge on any atom is 0.164 e. The van der Waals surface area contributed by atoms with Crippen molar-refractivity contribution in [2.24, 2.45) is 7.05 Å². The van der Waals surface area contributed by atoms with E-state index >= 15 is 0 Å². The fourth-order valence-electron chi connectivity index (χ4n) is 3.23. The average Bonchev–Trinajstić information content (AvgIpc) is 2.93. The van der Waals surface area contributed by atoms with Crippen molar-refractivity contribution >= 4 is 11.5 Å². The SMILES string of the molecule is CC(=O)c1c(F)cccc1N1CCC(c2cnn(C)c2)CC1. The van der Waals surface area contributed by atoms with E-state index < -0.39 is 5.82 Å². The number of hydrogen-bond acceptors (Lipinski definition) is 3. The molecule has 1 aromatic heterocycles. The van der Waals surface area contributed by atoms with Crippen LogP contribution in [-0.4, -0.2) is 28.7 Å². The van der Waals surface area contributed by atoms with E-state index in [1.54, 1.807) is 6.07 Å². The van der Waals surface area contributed by atoms with Crippen molar-refractivity contribution in [1.29, 1.82) is 0 Å². The predicted molar refractivity (Wildman–Crippen MR) is 83.8 cm³/mol. The maximum atomic E-state index is 13.9. The molecule has 0 bridgehead atoms. The number of hydrogen-bond donors (Lipinski definition) is 0. The predicted octanol–water partition coefficient (Wildman–Crippen LogP) is 3.15. The van der Waals surface area contributed by atoms with Crippen molar-refractivity contribution in [2.75, 3.05) is 18.0 Å². The molecule has 116 valence electrons. The first-order valence-corrected chi connectivity index (χ1v) is 7.59. The second kappa shape index (κ2) is 5.91. The van der Waals surface area contributed by atoms with E-state index in [-0.39, 0.29) is 11.3 Å². The molecule has 0 radical (unpaired) electrons. The highest BCUT2D eigenvalue weighted by Gasteiger charge is 2.25. The number of nitrogens with zero attached hydrogens (tertiary/aromatic N) is 3. The molecule has 0 spiro atoms. The molecule has 1 fully saturated rings. The van der Waals surface area contributed by atoms with Crippen LogP contribution in [0.4, 0.5) is 10.1 Å². The Labute approximate surface area is 129 Å². The first kappa shape index (κ1) is 14.8. The lowest BCUT2D eigenvalue weighted by Crippen LogP contribution is -2.34. The standard InChI is InChI=1S/C17H20FN3O/c1-12(22)17-15(18)4-3-5-16(17)21-8-6-13(7-9-21)14-10-19-20(2)11-14/h3-5,10-11,13H,6-9H2,1-2H3. The number of carbonyl (C=O) groups excluding carboxylic acids is 1. The van der Waals surface area contributed by atoms with Gasteiger partial charge in [-0.3, -0.25) is 9.48 Å². The summed E-state index contributed by atoms with van der Waals surface area (Å²) in [5.41, 5.74) is 2.19. The lowest BCUT2D eigenvalue weighted by Gasteiger charge is -2.34. The van der Waals surface area contributed by atoms with Crippen molar-refractivity contribution in [1.82, 2.24) is 9.78 Å². The van der Waals surface area contributed by atoms with Crippen LogP contribution in [0.25, 0.3) is 0 Å². The van der Waals surface area contributed by atoms with E-state index in [4.69, 9.17) is 0 Å². The summed E-state index contributed by atoms with van der Waals surface area (Å²) in [6.07, 6.45) is 5.95. The molecule has 1 aliphatic heterocycles. The van der Waals surface area contributed by atoms with Crippen molar-refractivity contribution in [2.45, 2.75) is 25.7 Å². The Morgan fingerprint density at radius 1 is 1.32 bits per heavy atom. The summed E-state index contributed by atoms with van der Waals surface area (Å²) in [7, 11) is 1.92. The number of aryl methyl sites for hydroxylation is 1. The van der Waals surface area contributed by atoms with Crippen LogP contribution in [0.15, 0.2) is 30.6 Å². The van der Waals surface area contributed by atoms with Gasteiger partial charge in [-0.2, -0.15) is 5.10 Å². The van der Waals surface area contributed by atoms with Crippen LogP contribution < -0.4 is 4.90 Å². The van der Waals surface area contributed by atoms with E-state index in [0.717, 1.165) is 31.6 Å². The van der Waals surface area contributed by atoms with Crippen molar-refractivity contribution in [3.8, 4) is 0 Å². The van der Waals surface area contributed by atoms with Gasteiger partial charge in [-0.15, -0.1) is 0 Å². The Morgan fingerprint density at radius 3 is 2.64 bits per heavy atom. The molecule has 0 N–H and O–H groups in total. The largest absolute Gasteiger partial charge is 0.371 e. The molecule has 1 saturated heterocycles. The van der Waals surface area contributed by atoms with Gasteiger partial charge in [-0.05, 0) is 43.4 Å². The van der Waals surface area contributed by atoms with Crippen LogP contribution >= 0.6 is 0 Å². The lowest BCUT2D eigenvalue weighted by atomic mass is 9.91. The lowest BCUT2D eigenvalue weighted by molar-refractivity contribution is 0.101. The molecule has 2 aromatic rings. The molecular formula is C17H20FN3O. The topological polar surface area (TPSA) is 38.1 Å². The van der Waals surface area contributed by atoms with Gasteiger partial charge in [0, 0.05) is 26.3 Å². The molecule has 1 aromatic carbocycles. The van der Waals surface area contributed by atoms with Gasteiger partial charge in [-0.1, -0.05) is 6.07 Å². The fourth-order valence-corrected chi connectivity index (χ4v) is 3.23. The third-order valence-electron chi connectivity index (χ3n) is 4.38. The molecule has 5 heteroatoms. The Balaban J connectivity index is 1.77. The van der Waals surface area contributed by atoms with Crippen LogP contribution in [0.5, 0.6) is 0 Å². The second-order valence-electron chi connectivity index (χ2n) is 5.90. The van der Waals surface area contributed by atoms with Crippen LogP contribution in [0.3, 0.4) is 0 Å². The van der Waals surface area contributed by atoms with Crippen LogP contribution in [0, 0.1) is 5.82 Å². The number of aromatic nitrogens is 2. The number of benzene rings is 1. The van der Waals surface area contributed by atoms with E-state index in [1.165, 1.54) is 18.6 Å². The Hall–Kier alpha value is -2.17. The number of halogens is 1. The number of Topliss-reactive ketones (excluding diaryl/α,β-unsaturated/α-hetero) is 1. The summed E-state index contributed by atoms with van der Waals surface area (Å²) >= 11 is 0. The molecule has 1 aliphatic rings. The zero-order chi connectivity index (χ0) is 15.7. The maximum absolute atomic E-state index is 13.9. The molecule has 0 unspecified atom stereocenters. The first-order valence-electron chi connectivity index (χ1n) is 7.59. The van der Waals surface area contributed by atoms with Gasteiger partial charge in [0.25, 0.3) is 0 Å². The van der Waals surface area contributed by atoms with Crippen molar-refractivity contribution in [3.05, 3.63) is 47.5 Å². The van der Waals surface area contributed by atoms with Crippen molar-refractivity contribution < 1.29 is 9.18 Å². The smallest absolute Gasteiger partial charge is 0.164 e. The van der Waals surface area contributed by atoms with Crippen LogP contribution in [0.2, 0.25) is 0 Å². The monoisotopic (exact) mass is 301 g/mol. The third-order valence-corrected chi connectivity index (χ3v) is 4.38. The van der Waals surface area contributed by atoms with Gasteiger partial charge in [0.05, 0.1) is 17.4 Å². The minimum atomic E-state index is -0.431. The zero-order valence-electron chi connectivity index (χ0n) is 12.9. The molecule has 3 rings (SSSR count). The van der Waals surface area contributed by atoms with Gasteiger partial charge >= 0.3 is 0 Å². The molecule has 22 heavy (non-hydrogen) atoms. The van der Waals surface area contributed by atoms with E-state index in [0.29, 0.717) is 5.92 Å². The Kier molecular flexibility index (Phi) is 3.96. The molecule has 0 atom stereocenters. The Morgan fingerprint density at radius 2 is 2.05 bits per heavy atom. The summed E-state index contributed by atoms with van der Waals surface area (Å²) in [5, 5.41) is 4.23. The van der Waals surface area contributed by atoms with Gasteiger partial charge in [0.1, 0.15) is 5.82 Å². The number of piperidine rings is 1. The number of rotatable bonds is 3. The Bertz CT molecular complexity index is 687. The van der Waals surface area contributed by atoms with Gasteiger partial charge in [0.2, 0.25) is 0 Å². The summed E-state index contributed by atoms with van der Waals surface area (Å²) in [5.74, 6) is -0.166. The summed E-state index contributed by atoms with van der Waals surface area (Å²) in [6, 6.07) is 4.86. The fraction of sp³-hybridized carbons (Fsp3) is 0.412. The highest BCUT2D eigenvalue weighted by atomic mass is 19.1. The first-order chi connectivity index (χ1) is 10.6. The van der Waals surface area contributed by atoms with E-state index in [2.05, 4.69) is 16.2 Å². The van der Waals surface area contributed by atoms with Gasteiger partial charge in [0.15, 0.2) is 5.78 Å². The molecule has 2 heterocycles. The average molecular weight is 301 g/mol. The summed E-state index contributed by atoms with van der Waals surface area (Å²) < 4.78 is 15.8. The number of ketones is 1. The molecule has 0 amide bonds. The highest BCUT2D eigenvalue weighted by molar-refractivity contribution is 6.00. The molecule has 0 saturated carbocycles. The van der Waals surface area contributed by atoms with Crippen LogP contribution in [0.1, 0.15) is 41.6 Å². The minimum absolute atomic E-state index is 0.210. The highest BCUT2D eigenvalue weighted by Crippen LogP contribution is 2.32. The molecule has 4 nitrogen and oxygen atoms in total. The number of anilines is 1. The van der Waals surface area contributed by atoms with E-state index in [1.807, 2.05) is 24.0 Å². The van der Waals surface area contributed by atoms with Gasteiger partial charge in [-0.25, -0.2) is 4.39 Å². The summed E-state index contributed by atoms with van der Waals surface area (Å²) in [4.78, 5) is 13.9. The summed E-state index contributed by atoms with van der Waals surface area (Å²) in [6.45, 7) is 3.07. The van der Waals surface area contributed by atoms with Crippen LogP contribution in [-0.2, 0) is 7.05 Å². The quantitative estimate of drug-likeness (QED) is 0.817. The zero-order valence-corrected chi connectivity index (χ0v) is 12.9. The molecule has 0 aliphatic carbocycles. The van der Waals surface area contributed by atoms with Gasteiger partial charge < -0.3 is 4.90 Å².